The molecule has 0 fully saturated rings. The molecule has 0 unspecified atom stereocenters. The van der Waals surface area contributed by atoms with Crippen LogP contribution in [0.15, 0.2) is 12.1 Å². The second-order valence-corrected chi connectivity index (χ2v) is 5.35. The molecular weight excluding hydrogens is 401 g/mol. The molecule has 0 heterocycles. The number of hydrogen-bond donors (Lipinski definition) is 0. The van der Waals surface area contributed by atoms with Crippen molar-refractivity contribution in [3.05, 3.63) is 57.9 Å². The van der Waals surface area contributed by atoms with Crippen LogP contribution in [0.4, 0.5) is 48.3 Å². The van der Waals surface area contributed by atoms with Crippen molar-refractivity contribution in [3.63, 3.8) is 0 Å². The maximum Gasteiger partial charge on any atom is 0.417 e. The first-order valence-electron chi connectivity index (χ1n) is 7.04. The van der Waals surface area contributed by atoms with E-state index in [1.165, 1.54) is 0 Å². The molecule has 0 bridgehead atoms. The maximum absolute atomic E-state index is 14.0. The van der Waals surface area contributed by atoms with Crippen LogP contribution in [0.25, 0.3) is 11.1 Å². The van der Waals surface area contributed by atoms with Gasteiger partial charge in [-0.05, 0) is 24.1 Å². The molecule has 2 aromatic rings. The van der Waals surface area contributed by atoms with Gasteiger partial charge in [0.15, 0.2) is 23.3 Å². The molecule has 0 amide bonds. The molecule has 0 spiro atoms. The Morgan fingerprint density at radius 3 is 1.44 bits per heavy atom. The van der Waals surface area contributed by atoms with Crippen molar-refractivity contribution in [2.45, 2.75) is 25.7 Å². The molecule has 2 rings (SSSR count). The molecule has 0 aliphatic rings. The first-order valence-corrected chi connectivity index (χ1v) is 7.04. The van der Waals surface area contributed by atoms with E-state index in [9.17, 15) is 48.3 Å². The number of rotatable bonds is 2. The minimum atomic E-state index is -5.57. The van der Waals surface area contributed by atoms with E-state index in [2.05, 4.69) is 0 Å². The van der Waals surface area contributed by atoms with Crippen LogP contribution in [0.5, 0.6) is 0 Å². The van der Waals surface area contributed by atoms with Crippen LogP contribution in [0.3, 0.4) is 0 Å². The van der Waals surface area contributed by atoms with Gasteiger partial charge in [-0.1, -0.05) is 6.92 Å². The molecule has 27 heavy (non-hydrogen) atoms. The molecule has 0 aliphatic heterocycles. The molecule has 0 saturated carbocycles. The van der Waals surface area contributed by atoms with Gasteiger partial charge in [-0.15, -0.1) is 0 Å². The lowest BCUT2D eigenvalue weighted by atomic mass is 9.89. The van der Waals surface area contributed by atoms with E-state index in [1.54, 1.807) is 0 Å². The number of benzene rings is 2. The first kappa shape index (κ1) is 21.0. The predicted octanol–water partition coefficient (Wildman–Crippen LogP) is 6.65. The van der Waals surface area contributed by atoms with Gasteiger partial charge in [-0.3, -0.25) is 0 Å². The van der Waals surface area contributed by atoms with Crippen molar-refractivity contribution >= 4 is 0 Å². The lowest BCUT2D eigenvalue weighted by Crippen LogP contribution is -2.16. The summed E-state index contributed by atoms with van der Waals surface area (Å²) in [4.78, 5) is 0. The molecular formula is C16H7F11. The van der Waals surface area contributed by atoms with Gasteiger partial charge in [-0.2, -0.15) is 26.3 Å². The van der Waals surface area contributed by atoms with E-state index in [0.717, 1.165) is 6.92 Å². The Balaban J connectivity index is 3.06. The molecule has 0 aromatic heterocycles. The average Bonchev–Trinajstić information content (AvgIpc) is 2.56. The highest BCUT2D eigenvalue weighted by molar-refractivity contribution is 5.74. The van der Waals surface area contributed by atoms with Gasteiger partial charge in [0.1, 0.15) is 0 Å². The Hall–Kier alpha value is -2.33. The fourth-order valence-electron chi connectivity index (χ4n) is 2.49. The Labute approximate surface area is 144 Å². The Kier molecular flexibility index (Phi) is 5.19. The lowest BCUT2D eigenvalue weighted by Gasteiger charge is -2.21. The Bertz CT molecular complexity index is 862. The summed E-state index contributed by atoms with van der Waals surface area (Å²) in [6.07, 6.45) is -11.4. The summed E-state index contributed by atoms with van der Waals surface area (Å²) < 4.78 is 146. The Morgan fingerprint density at radius 1 is 0.630 bits per heavy atom. The van der Waals surface area contributed by atoms with Crippen LogP contribution in [0, 0.1) is 29.1 Å². The van der Waals surface area contributed by atoms with Crippen molar-refractivity contribution in [3.8, 4) is 11.1 Å². The van der Waals surface area contributed by atoms with E-state index in [1.807, 2.05) is 0 Å². The van der Waals surface area contributed by atoms with E-state index >= 15 is 0 Å². The van der Waals surface area contributed by atoms with Crippen LogP contribution in [-0.2, 0) is 18.8 Å². The van der Waals surface area contributed by atoms with Crippen molar-refractivity contribution in [1.82, 2.24) is 0 Å². The van der Waals surface area contributed by atoms with Crippen LogP contribution < -0.4 is 0 Å². The largest absolute Gasteiger partial charge is 0.417 e. The number of hydrogen-bond acceptors (Lipinski definition) is 0. The van der Waals surface area contributed by atoms with E-state index in [-0.39, 0.29) is 6.07 Å². The predicted molar refractivity (Wildman–Crippen MR) is 71.0 cm³/mol. The maximum atomic E-state index is 14.0. The molecule has 0 saturated heterocycles. The third kappa shape index (κ3) is 3.59. The lowest BCUT2D eigenvalue weighted by molar-refractivity contribution is -0.142. The minimum absolute atomic E-state index is 0.169. The highest BCUT2D eigenvalue weighted by Crippen LogP contribution is 2.45. The van der Waals surface area contributed by atoms with Gasteiger partial charge >= 0.3 is 12.4 Å². The van der Waals surface area contributed by atoms with Crippen molar-refractivity contribution in [1.29, 1.82) is 0 Å². The Morgan fingerprint density at radius 2 is 1.07 bits per heavy atom. The average molecular weight is 408 g/mol. The molecule has 0 nitrogen and oxygen atoms in total. The quantitative estimate of drug-likeness (QED) is 0.297. The van der Waals surface area contributed by atoms with Gasteiger partial charge in [0.2, 0.25) is 5.82 Å². The summed E-state index contributed by atoms with van der Waals surface area (Å²) in [6.45, 7) is 1.06. The monoisotopic (exact) mass is 408 g/mol. The van der Waals surface area contributed by atoms with Crippen LogP contribution in [0.2, 0.25) is 0 Å². The van der Waals surface area contributed by atoms with Gasteiger partial charge in [0, 0.05) is 5.56 Å². The molecule has 2 aromatic carbocycles. The number of alkyl halides is 6. The zero-order valence-corrected chi connectivity index (χ0v) is 13.0. The number of aryl methyl sites for hydroxylation is 1. The summed E-state index contributed by atoms with van der Waals surface area (Å²) in [5.41, 5.74) is -8.31. The zero-order valence-electron chi connectivity index (χ0n) is 13.0. The van der Waals surface area contributed by atoms with Gasteiger partial charge in [-0.25, -0.2) is 22.0 Å². The summed E-state index contributed by atoms with van der Waals surface area (Å²) in [5.74, 6) is -12.8. The van der Waals surface area contributed by atoms with Crippen molar-refractivity contribution < 1.29 is 48.3 Å². The molecule has 0 radical (unpaired) electrons. The SMILES string of the molecule is CCc1cc(C(F)(F)F)cc(C(F)(F)F)c1-c1c(F)c(F)c(F)c(F)c1F. The van der Waals surface area contributed by atoms with Crippen molar-refractivity contribution in [2.75, 3.05) is 0 Å². The topological polar surface area (TPSA) is 0 Å². The fourth-order valence-corrected chi connectivity index (χ4v) is 2.49. The molecule has 0 atom stereocenters. The minimum Gasteiger partial charge on any atom is -0.203 e. The van der Waals surface area contributed by atoms with Crippen LogP contribution in [0.1, 0.15) is 23.6 Å². The van der Waals surface area contributed by atoms with Gasteiger partial charge < -0.3 is 0 Å². The molecule has 0 N–H and O–H groups in total. The molecule has 0 aliphatic carbocycles. The number of halogens is 11. The third-order valence-electron chi connectivity index (χ3n) is 3.69. The summed E-state index contributed by atoms with van der Waals surface area (Å²) in [7, 11) is 0. The highest BCUT2D eigenvalue weighted by Gasteiger charge is 2.41. The van der Waals surface area contributed by atoms with E-state index in [0.29, 0.717) is 0 Å². The van der Waals surface area contributed by atoms with E-state index < -0.39 is 81.7 Å². The fraction of sp³-hybridized carbons (Fsp3) is 0.250. The zero-order chi connectivity index (χ0) is 20.9. The van der Waals surface area contributed by atoms with Crippen molar-refractivity contribution in [2.24, 2.45) is 0 Å². The van der Waals surface area contributed by atoms with Crippen LogP contribution >= 0.6 is 0 Å². The summed E-state index contributed by atoms with van der Waals surface area (Å²) >= 11 is 0. The van der Waals surface area contributed by atoms with Crippen LogP contribution in [-0.4, -0.2) is 0 Å². The summed E-state index contributed by atoms with van der Waals surface area (Å²) in [6, 6.07) is -0.269. The van der Waals surface area contributed by atoms with Gasteiger partial charge in [0.05, 0.1) is 16.7 Å². The van der Waals surface area contributed by atoms with Gasteiger partial charge in [0.25, 0.3) is 0 Å². The highest BCUT2D eigenvalue weighted by atomic mass is 19.4. The molecule has 148 valence electrons. The second kappa shape index (κ2) is 6.68. The second-order valence-electron chi connectivity index (χ2n) is 5.35. The smallest absolute Gasteiger partial charge is 0.203 e. The van der Waals surface area contributed by atoms with E-state index in [4.69, 9.17) is 0 Å². The first-order chi connectivity index (χ1) is 12.2. The standard InChI is InChI=1S/C16H7F11/c1-2-5-3-6(15(22,23)24)4-7(16(25,26)27)8(5)9-10(17)12(19)14(21)13(20)11(9)18/h3-4H,2H2,1H3. The third-order valence-corrected chi connectivity index (χ3v) is 3.69. The normalized spacial score (nSPS) is 12.6. The summed E-state index contributed by atoms with van der Waals surface area (Å²) in [5, 5.41) is 0. The molecule has 11 heteroatoms.